The third-order valence-corrected chi connectivity index (χ3v) is 17.7. The monoisotopic (exact) mass is 3190 g/mol. The van der Waals surface area contributed by atoms with Crippen LogP contribution in [-0.2, 0) is 34.1 Å². The van der Waals surface area contributed by atoms with Crippen molar-refractivity contribution in [3.05, 3.63) is 293 Å². The van der Waals surface area contributed by atoms with Gasteiger partial charge in [-0.2, -0.15) is 49.6 Å². The van der Waals surface area contributed by atoms with E-state index >= 15 is 0 Å². The van der Waals surface area contributed by atoms with Gasteiger partial charge in [0.1, 0.15) is 56.9 Å². The minimum Gasteiger partial charge on any atom is -0.507 e. The first-order chi connectivity index (χ1) is 51.9. The molecular formula is C88H100BrCf6Cl3F3N3O16-2. The van der Waals surface area contributed by atoms with Gasteiger partial charge in [0.2, 0.25) is 0 Å². The van der Waals surface area contributed by atoms with Crippen LogP contribution < -0.4 is 44.0 Å². The molecule has 0 saturated carbocycles. The van der Waals surface area contributed by atoms with Crippen LogP contribution in [0.2, 0.25) is 15.1 Å². The predicted molar refractivity (Wildman–Crippen MR) is 454 cm³/mol. The van der Waals surface area contributed by atoms with E-state index in [2.05, 4.69) is 57.5 Å². The molecule has 2 aliphatic heterocycles. The number of hydrogen-bond donors (Lipinski definition) is 3. The maximum absolute atomic E-state index is 12.9. The Morgan fingerprint density at radius 3 is 1.30 bits per heavy atom. The molecule has 0 aliphatic carbocycles. The van der Waals surface area contributed by atoms with E-state index in [-0.39, 0.29) is 84.1 Å². The van der Waals surface area contributed by atoms with Crippen LogP contribution in [0, 0.1) is 46.8 Å². The Labute approximate surface area is 691 Å². The molecule has 19 nitrogen and oxygen atoms in total. The predicted octanol–water partition coefficient (Wildman–Crippen LogP) is 22.4. The van der Waals surface area contributed by atoms with Crippen LogP contribution in [0.4, 0.5) is 30.2 Å². The summed E-state index contributed by atoms with van der Waals surface area (Å²) >= 11 is 20.2. The summed E-state index contributed by atoms with van der Waals surface area (Å²) in [4.78, 5) is 71.7. The number of carbonyl (C=O) groups excluding carboxylic acids is 5. The number of nitrogens with two attached hydrogens (primary N) is 1. The molecule has 674 valence electrons. The normalized spacial score (nSPS) is 10.1. The third-order valence-electron chi connectivity index (χ3n) is 16.2. The number of rotatable bonds is 13. The number of carboxylic acid groups (broad SMARTS) is 1. The molecule has 32 heteroatoms. The summed E-state index contributed by atoms with van der Waals surface area (Å²) in [5.74, 6) is 1.24. The smallest absolute Gasteiger partial charge is 0.417 e. The molecule has 0 aromatic heterocycles. The zero-order valence-electron chi connectivity index (χ0n) is 63.6. The van der Waals surface area contributed by atoms with Crippen molar-refractivity contribution >= 4 is 104 Å². The van der Waals surface area contributed by atoms with E-state index in [0.717, 1.165) is 52.1 Å². The number of ether oxygens (including phenoxy) is 8. The Morgan fingerprint density at radius 2 is 0.883 bits per heavy atom. The summed E-state index contributed by atoms with van der Waals surface area (Å²) in [7, 11) is 12.0. The van der Waals surface area contributed by atoms with Gasteiger partial charge >= 0.3 is 24.1 Å². The summed E-state index contributed by atoms with van der Waals surface area (Å²) in [6, 6.07) is 57.0. The van der Waals surface area contributed by atoms with Gasteiger partial charge in [0, 0.05) is 17.6 Å². The summed E-state index contributed by atoms with van der Waals surface area (Å²) in [6.07, 6.45) is -3.79. The number of amides is 2. The fourth-order valence-corrected chi connectivity index (χ4v) is 11.4. The molecule has 2 aliphatic rings. The average molecular weight is 3210 g/mol. The molecule has 0 radical (unpaired) electrons. The maximum Gasteiger partial charge on any atom is 0.417 e. The number of fused-ring (bicyclic) bond motifs is 2. The number of carboxylic acids is 1. The number of benzene rings is 10. The number of halogens is 7. The van der Waals surface area contributed by atoms with Crippen molar-refractivity contribution in [3.8, 4) is 40.2 Å². The van der Waals surface area contributed by atoms with Gasteiger partial charge in [-0.1, -0.05) is 171 Å². The Kier molecular flexibility index (Phi) is 52.6. The van der Waals surface area contributed by atoms with Gasteiger partial charge in [-0.05, 0) is 140 Å². The second-order valence-electron chi connectivity index (χ2n) is 23.0. The standard InChI is InChI=1S/C15H9ClF3NO2.C15H11ClNO2.C10H11BrO3.C10H12O3.C9H10O3.C9H10O2.C9H12O.C6H5ClN.5CH4.6Cf/c16-11-5-4-9(6-10(11)15(17,18)19)20-7-8-2-1-3-12(21)13(8)14(20)22;1-19-13-4-2-3-10-9-17(15(18)14(10)13)12-7-5-11(16)6-8-12;1-13-8-5-3-4-7(6-11)9(8)10(12)14-2;1-7-5-4-6-8(12-2)9(7)10(11)13-3;1-6-4-3-5-7(12-2)8(6)9(10)11;1-7-4-3-5-9(11-2)8(7)6-10;1-7-5-4-6-9(10-3)8(7)2;7-5-1-3-6(8)4-2-5;;;;;;;;;;;/h1-6,21H,7H2;2-5,7-8H,9H2,1H3;3-5H,6H2,1-2H3;4-6H,1-3H3;3-5H,1-2H3,(H,10,11);3-6H,1-2H3;4-6H,1-3H3;1,3-4H,8H2;5*1H4;;;;;;/q;-1;;;;;;-1;;;;;;;;;;;. The topological polar surface area (TPSA) is 249 Å². The van der Waals surface area contributed by atoms with E-state index in [1.807, 2.05) is 80.6 Å². The van der Waals surface area contributed by atoms with Crippen LogP contribution in [0.5, 0.6) is 40.2 Å². The van der Waals surface area contributed by atoms with Crippen LogP contribution in [-0.4, -0.2) is 103 Å². The average Bonchev–Trinajstić information content (AvgIpc) is 1.67. The largest absolute Gasteiger partial charge is 0.507 e. The van der Waals surface area contributed by atoms with Crippen LogP contribution >= 0.6 is 50.7 Å². The van der Waals surface area contributed by atoms with Crippen molar-refractivity contribution < 1.29 is 90.0 Å². The second kappa shape index (κ2) is 54.4. The van der Waals surface area contributed by atoms with Gasteiger partial charge in [-0.25, -0.2) is 14.4 Å². The molecule has 0 bridgehead atoms. The second-order valence-corrected chi connectivity index (χ2v) is 24.8. The Balaban J connectivity index is -0.000000244. The first-order valence-corrected chi connectivity index (χ1v) is 34.8. The summed E-state index contributed by atoms with van der Waals surface area (Å²) in [6.45, 7) is 10.3. The van der Waals surface area contributed by atoms with Crippen molar-refractivity contribution in [2.24, 2.45) is 0 Å². The molecule has 0 spiro atoms. The number of hydrogen-bond acceptors (Lipinski definition) is 16. The molecule has 0 unspecified atom stereocenters. The number of aldehydes is 1. The van der Waals surface area contributed by atoms with E-state index in [0.29, 0.717) is 89.7 Å². The molecule has 0 saturated heterocycles. The molecule has 2 heterocycles. The molecule has 4 N–H and O–H groups in total. The van der Waals surface area contributed by atoms with Crippen LogP contribution in [0.25, 0.3) is 0 Å². The van der Waals surface area contributed by atoms with Crippen LogP contribution in [0.3, 0.4) is 0 Å². The number of phenolic OH excluding ortho intramolecular Hbond substituents is 1. The molecular weight excluding hydrogens is 3100 g/mol. The Bertz CT molecular complexity index is 4770. The molecule has 2 amide bonds. The number of anilines is 3. The van der Waals surface area contributed by atoms with Gasteiger partial charge < -0.3 is 63.6 Å². The van der Waals surface area contributed by atoms with Crippen molar-refractivity contribution in [1.29, 1.82) is 0 Å². The zero-order chi connectivity index (χ0) is 80.8. The number of nitrogens with zero attached hydrogens (tertiary/aromatic N) is 2. The van der Waals surface area contributed by atoms with Gasteiger partial charge in [-0.15, -0.1) is 35.3 Å². The number of carbonyl (C=O) groups is 6. The van der Waals surface area contributed by atoms with Crippen LogP contribution in [0.15, 0.2) is 182 Å². The Hall–Kier alpha value is -17.2. The van der Waals surface area contributed by atoms with E-state index in [9.17, 15) is 47.0 Å². The van der Waals surface area contributed by atoms with Crippen LogP contribution in [0.1, 0.15) is 149 Å². The quantitative estimate of drug-likeness (QED) is 0.0319. The minimum atomic E-state index is -4.61. The van der Waals surface area contributed by atoms with E-state index in [4.69, 9.17) is 74.1 Å². The number of aryl methyl sites for hydroxylation is 4. The molecule has 0 fully saturated rings. The molecule has 10 aromatic carbocycles. The van der Waals surface area contributed by atoms with Gasteiger partial charge in [0.05, 0.1) is 90.7 Å². The SMILES string of the molecule is C.C.C.C.C.COC(=O)c1c(C)cccc1OC.COC(=O)c1c(CBr)cccc1OC.COc1cccc(C)c1C.COc1cccc(C)c1C(=O)O.COc1cccc(C)c1C=O.COc1cccc2c1C(=O)N(c1c[c-]c(Cl)cc1)C2.Nc1c[c-]c(Cl)cc1.O=C1c2c(O)cccc2CN1c1ccc(Cl)c(C(F)(F)F)c1.[Cf].[Cf].[Cf].[Cf].[Cf].[Cf]. The molecule has 120 heavy (non-hydrogen) atoms. The van der Waals surface area contributed by atoms with E-state index < -0.39 is 28.6 Å². The van der Waals surface area contributed by atoms with Gasteiger partial charge in [0.25, 0.3) is 11.8 Å². The molecule has 12 rings (SSSR count). The fourth-order valence-electron chi connectivity index (χ4n) is 10.5. The Morgan fingerprint density at radius 1 is 0.492 bits per heavy atom. The summed E-state index contributed by atoms with van der Waals surface area (Å²) in [5, 5.41) is 19.8. The number of phenols is 1. The molecule has 10 aromatic rings. The van der Waals surface area contributed by atoms with Gasteiger partial charge in [0.15, 0.2) is 6.29 Å². The minimum absolute atomic E-state index is 0. The first-order valence-electron chi connectivity index (χ1n) is 32.6. The summed E-state index contributed by atoms with van der Waals surface area (Å²) < 4.78 is 78.5. The van der Waals surface area contributed by atoms with Crippen molar-refractivity contribution in [1.82, 2.24) is 0 Å². The first kappa shape index (κ1) is 116. The maximum atomic E-state index is 12.9. The van der Waals surface area contributed by atoms with Crippen molar-refractivity contribution in [3.63, 3.8) is 0 Å². The number of nitrogen functional groups attached to an aromatic ring is 1. The molecule has 0 atom stereocenters. The number of methoxy groups -OCH3 is 8. The number of alkyl halides is 4. The summed E-state index contributed by atoms with van der Waals surface area (Å²) in [5.41, 5.74) is 15.9. The van der Waals surface area contributed by atoms with E-state index in [1.54, 1.807) is 118 Å². The number of aromatic carboxylic acids is 1. The van der Waals surface area contributed by atoms with Gasteiger partial charge in [-0.3, -0.25) is 14.4 Å². The van der Waals surface area contributed by atoms with Crippen molar-refractivity contribution in [2.45, 2.75) is 96.3 Å². The van der Waals surface area contributed by atoms with Crippen molar-refractivity contribution in [2.75, 3.05) is 72.4 Å². The fraction of sp³-hybridized carbons (Fsp3) is 0.250. The zero-order valence-corrected chi connectivity index (χ0v) is 83.3. The number of esters is 2. The third kappa shape index (κ3) is 29.7. The number of aromatic hydroxyl groups is 1. The van der Waals surface area contributed by atoms with E-state index in [1.165, 1.54) is 63.7 Å².